The lowest BCUT2D eigenvalue weighted by atomic mass is 9.81. The molecule has 0 spiro atoms. The molecule has 1 aliphatic heterocycles. The Morgan fingerprint density at radius 3 is 2.22 bits per heavy atom. The van der Waals surface area contributed by atoms with Crippen LogP contribution < -0.4 is 0 Å². The second-order valence-electron chi connectivity index (χ2n) is 6.37. The average Bonchev–Trinajstić information content (AvgIpc) is 2.18. The van der Waals surface area contributed by atoms with Crippen molar-refractivity contribution in [1.29, 1.82) is 0 Å². The fourth-order valence-electron chi connectivity index (χ4n) is 2.81. The zero-order valence-electron chi connectivity index (χ0n) is 12.5. The first-order valence-corrected chi connectivity index (χ1v) is 6.89. The molecule has 3 heteroatoms. The molecule has 0 saturated carbocycles. The van der Waals surface area contributed by atoms with Crippen molar-refractivity contribution in [3.05, 3.63) is 12.2 Å². The van der Waals surface area contributed by atoms with Crippen LogP contribution in [0.5, 0.6) is 0 Å². The van der Waals surface area contributed by atoms with Crippen LogP contribution in [0.3, 0.4) is 0 Å². The Kier molecular flexibility index (Phi) is 5.11. The molecule has 0 bridgehead atoms. The summed E-state index contributed by atoms with van der Waals surface area (Å²) in [7, 11) is 0. The highest BCUT2D eigenvalue weighted by Crippen LogP contribution is 2.36. The van der Waals surface area contributed by atoms with Gasteiger partial charge < -0.3 is 0 Å². The number of rotatable bonds is 5. The molecule has 0 aromatic carbocycles. The first-order valence-electron chi connectivity index (χ1n) is 6.89. The third-order valence-corrected chi connectivity index (χ3v) is 3.28. The van der Waals surface area contributed by atoms with E-state index >= 15 is 0 Å². The van der Waals surface area contributed by atoms with Gasteiger partial charge in [0.25, 0.3) is 0 Å². The lowest BCUT2D eigenvalue weighted by Gasteiger charge is -2.50. The number of ketones is 1. The number of Topliss-reactive ketones (excluding diaryl/α,β-unsaturated/α-hetero) is 1. The molecule has 0 N–H and O–H groups in total. The van der Waals surface area contributed by atoms with Crippen LogP contribution in [0.25, 0.3) is 0 Å². The maximum absolute atomic E-state index is 11.8. The number of carbonyl (C=O) groups excluding carboxylic acids is 1. The molecule has 0 amide bonds. The lowest BCUT2D eigenvalue weighted by molar-refractivity contribution is -0.268. The minimum Gasteiger partial charge on any atom is -0.300 e. The predicted octanol–water partition coefficient (Wildman–Crippen LogP) is 3.50. The van der Waals surface area contributed by atoms with Gasteiger partial charge in [-0.3, -0.25) is 9.63 Å². The van der Waals surface area contributed by atoms with Crippen molar-refractivity contribution in [1.82, 2.24) is 5.06 Å². The highest BCUT2D eigenvalue weighted by Gasteiger charge is 2.45. The van der Waals surface area contributed by atoms with Gasteiger partial charge in [0.05, 0.1) is 6.61 Å². The Balaban J connectivity index is 2.62. The number of hydrogen-bond acceptors (Lipinski definition) is 3. The van der Waals surface area contributed by atoms with Crippen molar-refractivity contribution in [2.45, 2.75) is 71.4 Å². The van der Waals surface area contributed by atoms with Crippen molar-refractivity contribution in [2.24, 2.45) is 0 Å². The van der Waals surface area contributed by atoms with Gasteiger partial charge >= 0.3 is 0 Å². The van der Waals surface area contributed by atoms with Crippen LogP contribution in [-0.4, -0.2) is 28.5 Å². The van der Waals surface area contributed by atoms with Gasteiger partial charge in [-0.25, -0.2) is 0 Å². The quantitative estimate of drug-likeness (QED) is 0.702. The summed E-state index contributed by atoms with van der Waals surface area (Å²) < 4.78 is 0. The minimum absolute atomic E-state index is 0.225. The Bertz CT molecular complexity index is 298. The molecular formula is C15H27NO2. The lowest BCUT2D eigenvalue weighted by Crippen LogP contribution is -2.60. The molecule has 0 atom stereocenters. The Labute approximate surface area is 111 Å². The van der Waals surface area contributed by atoms with Crippen LogP contribution in [0.1, 0.15) is 60.3 Å². The first-order chi connectivity index (χ1) is 8.29. The number of nitrogens with zero attached hydrogens (tertiary/aromatic N) is 1. The van der Waals surface area contributed by atoms with Crippen LogP contribution >= 0.6 is 0 Å². The zero-order valence-corrected chi connectivity index (χ0v) is 12.5. The number of hydroxylamine groups is 2. The summed E-state index contributed by atoms with van der Waals surface area (Å²) in [5, 5.41) is 2.01. The van der Waals surface area contributed by atoms with Gasteiger partial charge in [-0.05, 0) is 34.1 Å². The van der Waals surface area contributed by atoms with Crippen molar-refractivity contribution in [3.8, 4) is 0 Å². The smallest absolute Gasteiger partial charge is 0.136 e. The topological polar surface area (TPSA) is 29.5 Å². The Hall–Kier alpha value is -0.670. The largest absolute Gasteiger partial charge is 0.300 e. The van der Waals surface area contributed by atoms with Gasteiger partial charge in [-0.1, -0.05) is 25.5 Å². The third-order valence-electron chi connectivity index (χ3n) is 3.28. The van der Waals surface area contributed by atoms with E-state index in [9.17, 15) is 4.79 Å². The monoisotopic (exact) mass is 253 g/mol. The van der Waals surface area contributed by atoms with Crippen LogP contribution in [0.4, 0.5) is 0 Å². The molecule has 104 valence electrons. The SMILES string of the molecule is CCCC=CCON1C(C)(C)CC(=O)CC1(C)C. The molecule has 3 nitrogen and oxygen atoms in total. The highest BCUT2D eigenvalue weighted by molar-refractivity contribution is 5.81. The molecule has 1 aliphatic rings. The molecule has 1 heterocycles. The van der Waals surface area contributed by atoms with E-state index in [4.69, 9.17) is 4.84 Å². The van der Waals surface area contributed by atoms with Crippen molar-refractivity contribution in [3.63, 3.8) is 0 Å². The predicted molar refractivity (Wildman–Crippen MR) is 74.2 cm³/mol. The molecule has 1 rings (SSSR count). The summed E-state index contributed by atoms with van der Waals surface area (Å²) in [5.41, 5.74) is -0.450. The van der Waals surface area contributed by atoms with Crippen LogP contribution in [0.15, 0.2) is 12.2 Å². The summed E-state index contributed by atoms with van der Waals surface area (Å²) in [6.45, 7) is 11.0. The normalized spacial score (nSPS) is 23.7. The summed E-state index contributed by atoms with van der Waals surface area (Å²) in [6, 6.07) is 0. The Morgan fingerprint density at radius 1 is 1.17 bits per heavy atom. The average molecular weight is 253 g/mol. The van der Waals surface area contributed by atoms with Crippen LogP contribution in [0, 0.1) is 0 Å². The summed E-state index contributed by atoms with van der Waals surface area (Å²) in [4.78, 5) is 17.7. The fraction of sp³-hybridized carbons (Fsp3) is 0.800. The van der Waals surface area contributed by atoms with E-state index in [2.05, 4.69) is 46.8 Å². The molecule has 0 unspecified atom stereocenters. The van der Waals surface area contributed by atoms with E-state index in [0.29, 0.717) is 25.2 Å². The molecule has 18 heavy (non-hydrogen) atoms. The summed E-state index contributed by atoms with van der Waals surface area (Å²) in [6.07, 6.45) is 7.59. The second kappa shape index (κ2) is 5.98. The number of piperidine rings is 1. The molecule has 0 aliphatic carbocycles. The molecule has 0 radical (unpaired) electrons. The van der Waals surface area contributed by atoms with E-state index in [1.54, 1.807) is 0 Å². The molecule has 0 aromatic rings. The van der Waals surface area contributed by atoms with E-state index in [1.165, 1.54) is 0 Å². The van der Waals surface area contributed by atoms with E-state index in [1.807, 2.05) is 5.06 Å². The van der Waals surface area contributed by atoms with Gasteiger partial charge in [0.1, 0.15) is 5.78 Å². The van der Waals surface area contributed by atoms with E-state index in [0.717, 1.165) is 12.8 Å². The first kappa shape index (κ1) is 15.4. The number of allylic oxidation sites excluding steroid dienone is 1. The number of unbranched alkanes of at least 4 members (excludes halogenated alkanes) is 1. The van der Waals surface area contributed by atoms with Crippen molar-refractivity contribution in [2.75, 3.05) is 6.61 Å². The van der Waals surface area contributed by atoms with Crippen LogP contribution in [-0.2, 0) is 9.63 Å². The van der Waals surface area contributed by atoms with Gasteiger partial charge in [0.2, 0.25) is 0 Å². The molecule has 1 saturated heterocycles. The Morgan fingerprint density at radius 2 is 1.72 bits per heavy atom. The van der Waals surface area contributed by atoms with Gasteiger partial charge in [-0.15, -0.1) is 0 Å². The number of hydrogen-bond donors (Lipinski definition) is 0. The van der Waals surface area contributed by atoms with Crippen molar-refractivity contribution >= 4 is 5.78 Å². The van der Waals surface area contributed by atoms with E-state index < -0.39 is 0 Å². The maximum Gasteiger partial charge on any atom is 0.136 e. The van der Waals surface area contributed by atoms with E-state index in [-0.39, 0.29) is 11.1 Å². The highest BCUT2D eigenvalue weighted by atomic mass is 16.7. The summed E-state index contributed by atoms with van der Waals surface area (Å²) in [5.74, 6) is 0.325. The third kappa shape index (κ3) is 3.92. The second-order valence-corrected chi connectivity index (χ2v) is 6.37. The maximum atomic E-state index is 11.8. The standard InChI is InChI=1S/C15H27NO2/c1-6-7-8-9-10-18-16-14(2,3)11-13(17)12-15(16,4)5/h8-9H,6-7,10-12H2,1-5H3. The zero-order chi connectivity index (χ0) is 13.8. The van der Waals surface area contributed by atoms with Crippen molar-refractivity contribution < 1.29 is 9.63 Å². The molecule has 0 aromatic heterocycles. The number of carbonyl (C=O) groups is 1. The molecule has 1 fully saturated rings. The van der Waals surface area contributed by atoms with Crippen LogP contribution in [0.2, 0.25) is 0 Å². The fourth-order valence-corrected chi connectivity index (χ4v) is 2.81. The summed E-state index contributed by atoms with van der Waals surface area (Å²) >= 11 is 0. The molecular weight excluding hydrogens is 226 g/mol. The van der Waals surface area contributed by atoms with Gasteiger partial charge in [0, 0.05) is 23.9 Å². The minimum atomic E-state index is -0.225. The van der Waals surface area contributed by atoms with Gasteiger partial charge in [0.15, 0.2) is 0 Å². The van der Waals surface area contributed by atoms with Gasteiger partial charge in [-0.2, -0.15) is 5.06 Å².